The van der Waals surface area contributed by atoms with Gasteiger partial charge in [-0.2, -0.15) is 9.50 Å². The Hall–Kier alpha value is -3.22. The third kappa shape index (κ3) is 3.26. The van der Waals surface area contributed by atoms with Gasteiger partial charge in [0.25, 0.3) is 5.56 Å². The zero-order chi connectivity index (χ0) is 20.0. The SMILES string of the molecule is Cc1ccccc1-c1nc2sc(=Cc3ccc(-c4ccc(Cl)cc4)o3)c(=O)n2n1. The fraction of sp³-hybridized carbons (Fsp3) is 0.0455. The maximum Gasteiger partial charge on any atom is 0.291 e. The molecule has 0 radical (unpaired) electrons. The van der Waals surface area contributed by atoms with E-state index in [-0.39, 0.29) is 5.56 Å². The molecular weight excluding hydrogens is 406 g/mol. The molecule has 5 nitrogen and oxygen atoms in total. The van der Waals surface area contributed by atoms with Crippen LogP contribution < -0.4 is 10.1 Å². The molecule has 29 heavy (non-hydrogen) atoms. The lowest BCUT2D eigenvalue weighted by Gasteiger charge is -1.98. The van der Waals surface area contributed by atoms with Crippen LogP contribution in [0, 0.1) is 6.92 Å². The monoisotopic (exact) mass is 419 g/mol. The molecular formula is C22H14ClN3O2S. The lowest BCUT2D eigenvalue weighted by molar-refractivity contribution is 0.571. The topological polar surface area (TPSA) is 60.4 Å². The van der Waals surface area contributed by atoms with Crippen molar-refractivity contribution in [3.8, 4) is 22.7 Å². The van der Waals surface area contributed by atoms with Crippen LogP contribution >= 0.6 is 22.9 Å². The zero-order valence-electron chi connectivity index (χ0n) is 15.3. The van der Waals surface area contributed by atoms with Gasteiger partial charge in [-0.1, -0.05) is 47.2 Å². The Kier molecular flexibility index (Phi) is 4.30. The van der Waals surface area contributed by atoms with Gasteiger partial charge in [-0.05, 0) is 48.9 Å². The number of fused-ring (bicyclic) bond motifs is 1. The second kappa shape index (κ2) is 6.99. The van der Waals surface area contributed by atoms with Gasteiger partial charge in [0, 0.05) is 22.2 Å². The molecule has 3 aromatic heterocycles. The number of benzene rings is 2. The van der Waals surface area contributed by atoms with E-state index in [1.54, 1.807) is 6.08 Å². The number of thiazole rings is 1. The Labute approximate surface area is 174 Å². The van der Waals surface area contributed by atoms with E-state index in [0.29, 0.717) is 31.9 Å². The van der Waals surface area contributed by atoms with Crippen LogP contribution in [0.25, 0.3) is 33.7 Å². The molecule has 0 aliphatic heterocycles. The quantitative estimate of drug-likeness (QED) is 0.429. The van der Waals surface area contributed by atoms with Crippen LogP contribution in [0.4, 0.5) is 0 Å². The first-order valence-corrected chi connectivity index (χ1v) is 10.1. The first-order valence-electron chi connectivity index (χ1n) is 8.91. The van der Waals surface area contributed by atoms with E-state index in [4.69, 9.17) is 16.0 Å². The second-order valence-electron chi connectivity index (χ2n) is 6.57. The standard InChI is InChI=1S/C22H14ClN3O2S/c1-13-4-2-3-5-17(13)20-24-22-26(25-20)21(27)19(29-22)12-16-10-11-18(28-16)14-6-8-15(23)9-7-14/h2-12H,1H3. The summed E-state index contributed by atoms with van der Waals surface area (Å²) in [5.74, 6) is 1.86. The molecule has 0 bridgehead atoms. The maximum atomic E-state index is 12.8. The second-order valence-corrected chi connectivity index (χ2v) is 8.01. The van der Waals surface area contributed by atoms with Crippen molar-refractivity contribution in [2.24, 2.45) is 0 Å². The number of halogens is 1. The molecule has 0 saturated carbocycles. The Bertz CT molecular complexity index is 1450. The van der Waals surface area contributed by atoms with Crippen LogP contribution in [-0.4, -0.2) is 14.6 Å². The van der Waals surface area contributed by atoms with Gasteiger partial charge in [0.15, 0.2) is 5.82 Å². The third-order valence-electron chi connectivity index (χ3n) is 4.60. The summed E-state index contributed by atoms with van der Waals surface area (Å²) in [4.78, 5) is 17.9. The van der Waals surface area contributed by atoms with E-state index in [1.807, 2.05) is 67.6 Å². The highest BCUT2D eigenvalue weighted by atomic mass is 35.5. The van der Waals surface area contributed by atoms with Crippen molar-refractivity contribution < 1.29 is 4.42 Å². The fourth-order valence-corrected chi connectivity index (χ4v) is 4.11. The molecule has 0 unspecified atom stereocenters. The number of aromatic nitrogens is 3. The van der Waals surface area contributed by atoms with E-state index < -0.39 is 0 Å². The molecule has 0 saturated heterocycles. The van der Waals surface area contributed by atoms with Gasteiger partial charge in [0.2, 0.25) is 4.96 Å². The van der Waals surface area contributed by atoms with Crippen molar-refractivity contribution in [3.63, 3.8) is 0 Å². The number of nitrogens with zero attached hydrogens (tertiary/aromatic N) is 3. The van der Waals surface area contributed by atoms with E-state index in [1.165, 1.54) is 15.9 Å². The van der Waals surface area contributed by atoms with Gasteiger partial charge in [0.05, 0.1) is 0 Å². The summed E-state index contributed by atoms with van der Waals surface area (Å²) in [5.41, 5.74) is 2.70. The average Bonchev–Trinajstić information content (AvgIpc) is 3.41. The summed E-state index contributed by atoms with van der Waals surface area (Å²) in [6.45, 7) is 2.00. The van der Waals surface area contributed by atoms with E-state index in [2.05, 4.69) is 10.1 Å². The number of aryl methyl sites for hydroxylation is 1. The van der Waals surface area contributed by atoms with Crippen LogP contribution in [-0.2, 0) is 0 Å². The Morgan fingerprint density at radius 3 is 2.62 bits per heavy atom. The van der Waals surface area contributed by atoms with Gasteiger partial charge >= 0.3 is 0 Å². The van der Waals surface area contributed by atoms with Crippen LogP contribution in [0.5, 0.6) is 0 Å². The summed E-state index contributed by atoms with van der Waals surface area (Å²) in [6.07, 6.45) is 1.72. The van der Waals surface area contributed by atoms with Crippen molar-refractivity contribution in [1.82, 2.24) is 14.6 Å². The molecule has 142 valence electrons. The number of hydrogen-bond donors (Lipinski definition) is 0. The third-order valence-corrected chi connectivity index (χ3v) is 5.81. The van der Waals surface area contributed by atoms with Gasteiger partial charge in [-0.15, -0.1) is 5.10 Å². The van der Waals surface area contributed by atoms with Gasteiger partial charge in [-0.3, -0.25) is 4.79 Å². The molecule has 0 amide bonds. The molecule has 0 atom stereocenters. The first-order chi connectivity index (χ1) is 14.1. The van der Waals surface area contributed by atoms with Gasteiger partial charge in [-0.25, -0.2) is 0 Å². The van der Waals surface area contributed by atoms with Crippen molar-refractivity contribution in [2.75, 3.05) is 0 Å². The summed E-state index contributed by atoms with van der Waals surface area (Å²) >= 11 is 7.22. The molecule has 7 heteroatoms. The minimum Gasteiger partial charge on any atom is -0.457 e. The smallest absolute Gasteiger partial charge is 0.291 e. The highest BCUT2D eigenvalue weighted by molar-refractivity contribution is 7.15. The molecule has 5 aromatic rings. The Morgan fingerprint density at radius 1 is 1.07 bits per heavy atom. The molecule has 5 rings (SSSR count). The van der Waals surface area contributed by atoms with Gasteiger partial charge in [0.1, 0.15) is 16.1 Å². The molecule has 0 aliphatic rings. The minimum atomic E-state index is -0.207. The lowest BCUT2D eigenvalue weighted by atomic mass is 10.1. The van der Waals surface area contributed by atoms with Crippen molar-refractivity contribution >= 4 is 34.0 Å². The van der Waals surface area contributed by atoms with Crippen LogP contribution in [0.15, 0.2) is 69.9 Å². The number of furan rings is 1. The predicted octanol–water partition coefficient (Wildman–Crippen LogP) is 4.59. The Morgan fingerprint density at radius 2 is 1.86 bits per heavy atom. The summed E-state index contributed by atoms with van der Waals surface area (Å²) < 4.78 is 7.74. The highest BCUT2D eigenvalue weighted by Gasteiger charge is 2.13. The zero-order valence-corrected chi connectivity index (χ0v) is 16.9. The van der Waals surface area contributed by atoms with Crippen LogP contribution in [0.1, 0.15) is 11.3 Å². The molecule has 0 N–H and O–H groups in total. The number of rotatable bonds is 3. The van der Waals surface area contributed by atoms with E-state index in [0.717, 1.165) is 16.7 Å². The molecule has 3 heterocycles. The normalized spacial score (nSPS) is 12.1. The molecule has 0 spiro atoms. The molecule has 0 fully saturated rings. The molecule has 2 aromatic carbocycles. The number of hydrogen-bond acceptors (Lipinski definition) is 5. The van der Waals surface area contributed by atoms with Crippen LogP contribution in [0.3, 0.4) is 0 Å². The van der Waals surface area contributed by atoms with Crippen molar-refractivity contribution in [3.05, 3.63) is 91.9 Å². The lowest BCUT2D eigenvalue weighted by Crippen LogP contribution is -2.23. The summed E-state index contributed by atoms with van der Waals surface area (Å²) in [6, 6.07) is 18.9. The summed E-state index contributed by atoms with van der Waals surface area (Å²) in [7, 11) is 0. The Balaban J connectivity index is 1.53. The van der Waals surface area contributed by atoms with Crippen molar-refractivity contribution in [1.29, 1.82) is 0 Å². The fourth-order valence-electron chi connectivity index (χ4n) is 3.10. The highest BCUT2D eigenvalue weighted by Crippen LogP contribution is 2.24. The average molecular weight is 420 g/mol. The van der Waals surface area contributed by atoms with E-state index >= 15 is 0 Å². The summed E-state index contributed by atoms with van der Waals surface area (Å²) in [5, 5.41) is 5.08. The van der Waals surface area contributed by atoms with Crippen LogP contribution in [0.2, 0.25) is 5.02 Å². The molecule has 0 aliphatic carbocycles. The largest absolute Gasteiger partial charge is 0.457 e. The first kappa shape index (κ1) is 17.8. The van der Waals surface area contributed by atoms with E-state index in [9.17, 15) is 4.79 Å². The predicted molar refractivity (Wildman–Crippen MR) is 115 cm³/mol. The maximum absolute atomic E-state index is 12.8. The minimum absolute atomic E-state index is 0.207. The van der Waals surface area contributed by atoms with Crippen molar-refractivity contribution in [2.45, 2.75) is 6.92 Å². The van der Waals surface area contributed by atoms with Gasteiger partial charge < -0.3 is 4.42 Å².